The van der Waals surface area contributed by atoms with E-state index in [1.54, 1.807) is 17.0 Å². The second kappa shape index (κ2) is 5.90. The monoisotopic (exact) mass is 249 g/mol. The molecule has 1 saturated heterocycles. The molecule has 2 N–H and O–H groups in total. The van der Waals surface area contributed by atoms with Gasteiger partial charge in [0.25, 0.3) is 0 Å². The van der Waals surface area contributed by atoms with E-state index in [0.717, 1.165) is 0 Å². The first kappa shape index (κ1) is 12.2. The van der Waals surface area contributed by atoms with Crippen LogP contribution in [0.1, 0.15) is 5.56 Å². The summed E-state index contributed by atoms with van der Waals surface area (Å²) in [6, 6.07) is 7.20. The predicted molar refractivity (Wildman–Crippen MR) is 66.3 cm³/mol. The van der Waals surface area contributed by atoms with E-state index in [0.29, 0.717) is 37.6 Å². The van der Waals surface area contributed by atoms with E-state index < -0.39 is 0 Å². The van der Waals surface area contributed by atoms with Gasteiger partial charge in [0.1, 0.15) is 12.4 Å². The number of para-hydroxylation sites is 1. The number of amides is 2. The van der Waals surface area contributed by atoms with Crippen molar-refractivity contribution in [3.63, 3.8) is 0 Å². The number of nitrogens with zero attached hydrogens (tertiary/aromatic N) is 2. The maximum absolute atomic E-state index is 11.3. The number of carbonyl (C=O) groups is 1. The van der Waals surface area contributed by atoms with E-state index in [1.807, 2.05) is 12.1 Å². The molecule has 18 heavy (non-hydrogen) atoms. The minimum absolute atomic E-state index is 0.0520. The zero-order chi connectivity index (χ0) is 12.8. The van der Waals surface area contributed by atoms with Crippen LogP contribution in [-0.2, 0) is 0 Å². The predicted octanol–water partition coefficient (Wildman–Crippen LogP) is 0.899. The van der Waals surface area contributed by atoms with E-state index in [-0.39, 0.29) is 6.03 Å². The van der Waals surface area contributed by atoms with E-state index in [2.05, 4.69) is 10.5 Å². The zero-order valence-corrected chi connectivity index (χ0v) is 9.87. The average Bonchev–Trinajstić information content (AvgIpc) is 2.78. The second-order valence-electron chi connectivity index (χ2n) is 3.85. The molecule has 0 bridgehead atoms. The molecule has 6 nitrogen and oxygen atoms in total. The molecule has 0 saturated carbocycles. The lowest BCUT2D eigenvalue weighted by Crippen LogP contribution is -2.31. The Kier molecular flexibility index (Phi) is 4.01. The molecule has 0 radical (unpaired) electrons. The number of ether oxygens (including phenoxy) is 1. The summed E-state index contributed by atoms with van der Waals surface area (Å²) in [4.78, 5) is 13.0. The van der Waals surface area contributed by atoms with Gasteiger partial charge < -0.3 is 20.2 Å². The van der Waals surface area contributed by atoms with Crippen molar-refractivity contribution in [1.82, 2.24) is 10.2 Å². The van der Waals surface area contributed by atoms with Gasteiger partial charge in [0.15, 0.2) is 0 Å². The Morgan fingerprint density at radius 1 is 1.50 bits per heavy atom. The number of benzene rings is 1. The van der Waals surface area contributed by atoms with Crippen molar-refractivity contribution in [2.45, 2.75) is 0 Å². The Hall–Kier alpha value is -2.24. The number of hydrogen-bond donors (Lipinski definition) is 2. The quantitative estimate of drug-likeness (QED) is 0.462. The third kappa shape index (κ3) is 2.91. The van der Waals surface area contributed by atoms with Crippen molar-refractivity contribution in [3.8, 4) is 5.75 Å². The maximum Gasteiger partial charge on any atom is 0.317 e. The van der Waals surface area contributed by atoms with Gasteiger partial charge in [-0.25, -0.2) is 4.79 Å². The summed E-state index contributed by atoms with van der Waals surface area (Å²) < 4.78 is 5.58. The second-order valence-corrected chi connectivity index (χ2v) is 3.85. The van der Waals surface area contributed by atoms with Crippen LogP contribution in [-0.4, -0.2) is 48.6 Å². The van der Waals surface area contributed by atoms with Crippen molar-refractivity contribution < 1.29 is 14.7 Å². The van der Waals surface area contributed by atoms with Crippen molar-refractivity contribution in [3.05, 3.63) is 29.8 Å². The third-order valence-corrected chi connectivity index (χ3v) is 2.68. The molecule has 0 atom stereocenters. The molecule has 0 aliphatic carbocycles. The lowest BCUT2D eigenvalue weighted by Gasteiger charge is -2.15. The molecule has 6 heteroatoms. The first-order chi connectivity index (χ1) is 8.81. The molecule has 2 amide bonds. The van der Waals surface area contributed by atoms with Crippen LogP contribution in [0.25, 0.3) is 0 Å². The van der Waals surface area contributed by atoms with E-state index in [1.165, 1.54) is 6.21 Å². The minimum atomic E-state index is -0.0520. The average molecular weight is 249 g/mol. The topological polar surface area (TPSA) is 74.2 Å². The van der Waals surface area contributed by atoms with Crippen LogP contribution in [0.3, 0.4) is 0 Å². The normalized spacial score (nSPS) is 15.1. The zero-order valence-electron chi connectivity index (χ0n) is 9.87. The Bertz CT molecular complexity index is 448. The molecule has 1 aliphatic rings. The van der Waals surface area contributed by atoms with Gasteiger partial charge in [-0.3, -0.25) is 0 Å². The molecular formula is C12H15N3O3. The third-order valence-electron chi connectivity index (χ3n) is 2.68. The minimum Gasteiger partial charge on any atom is -0.491 e. The van der Waals surface area contributed by atoms with Crippen LogP contribution in [0.15, 0.2) is 29.4 Å². The highest BCUT2D eigenvalue weighted by molar-refractivity contribution is 5.82. The highest BCUT2D eigenvalue weighted by Crippen LogP contribution is 2.15. The van der Waals surface area contributed by atoms with Gasteiger partial charge >= 0.3 is 6.03 Å². The molecule has 1 heterocycles. The van der Waals surface area contributed by atoms with Crippen LogP contribution in [0.4, 0.5) is 4.79 Å². The van der Waals surface area contributed by atoms with Crippen LogP contribution >= 0.6 is 0 Å². The molecule has 1 aromatic rings. The molecule has 0 spiro atoms. The van der Waals surface area contributed by atoms with Gasteiger partial charge in [-0.1, -0.05) is 17.3 Å². The highest BCUT2D eigenvalue weighted by Gasteiger charge is 2.18. The lowest BCUT2D eigenvalue weighted by atomic mass is 10.2. The molecular weight excluding hydrogens is 234 g/mol. The largest absolute Gasteiger partial charge is 0.491 e. The number of hydrogen-bond acceptors (Lipinski definition) is 4. The fourth-order valence-electron chi connectivity index (χ4n) is 1.77. The van der Waals surface area contributed by atoms with Gasteiger partial charge in [0.05, 0.1) is 12.8 Å². The van der Waals surface area contributed by atoms with Crippen LogP contribution in [0.2, 0.25) is 0 Å². The molecule has 0 unspecified atom stereocenters. The fourth-order valence-corrected chi connectivity index (χ4v) is 1.77. The summed E-state index contributed by atoms with van der Waals surface area (Å²) in [5, 5.41) is 14.2. The Labute approximate surface area is 105 Å². The first-order valence-corrected chi connectivity index (χ1v) is 5.73. The smallest absolute Gasteiger partial charge is 0.317 e. The summed E-state index contributed by atoms with van der Waals surface area (Å²) in [5.41, 5.74) is 0.700. The molecule has 0 aromatic heterocycles. The molecule has 2 rings (SSSR count). The summed E-state index contributed by atoms with van der Waals surface area (Å²) in [5.74, 6) is 0.634. The standard InChI is InChI=1S/C12H15N3O3/c16-12-13-5-6-15(12)7-8-18-11-4-2-1-3-10(11)9-14-17/h1-4,9,17H,5-8H2,(H,13,16)/b14-9-. The summed E-state index contributed by atoms with van der Waals surface area (Å²) in [7, 11) is 0. The Balaban J connectivity index is 1.88. The number of rotatable bonds is 5. The van der Waals surface area contributed by atoms with E-state index >= 15 is 0 Å². The van der Waals surface area contributed by atoms with E-state index in [9.17, 15) is 4.79 Å². The number of oxime groups is 1. The lowest BCUT2D eigenvalue weighted by molar-refractivity contribution is 0.202. The number of urea groups is 1. The molecule has 96 valence electrons. The molecule has 1 fully saturated rings. The maximum atomic E-state index is 11.3. The van der Waals surface area contributed by atoms with Gasteiger partial charge in [-0.2, -0.15) is 0 Å². The van der Waals surface area contributed by atoms with E-state index in [4.69, 9.17) is 9.94 Å². The molecule has 1 aliphatic heterocycles. The first-order valence-electron chi connectivity index (χ1n) is 5.73. The summed E-state index contributed by atoms with van der Waals surface area (Å²) >= 11 is 0. The van der Waals surface area contributed by atoms with Crippen molar-refractivity contribution >= 4 is 12.2 Å². The van der Waals surface area contributed by atoms with Crippen molar-refractivity contribution in [2.24, 2.45) is 5.16 Å². The van der Waals surface area contributed by atoms with Gasteiger partial charge in [-0.05, 0) is 12.1 Å². The highest BCUT2D eigenvalue weighted by atomic mass is 16.5. The number of carbonyl (C=O) groups excluding carboxylic acids is 1. The van der Waals surface area contributed by atoms with Crippen molar-refractivity contribution in [2.75, 3.05) is 26.2 Å². The van der Waals surface area contributed by atoms with Crippen molar-refractivity contribution in [1.29, 1.82) is 0 Å². The number of nitrogens with one attached hydrogen (secondary N) is 1. The van der Waals surface area contributed by atoms with Gasteiger partial charge in [0.2, 0.25) is 0 Å². The summed E-state index contributed by atoms with van der Waals surface area (Å²) in [6.07, 6.45) is 1.32. The van der Waals surface area contributed by atoms with Gasteiger partial charge in [-0.15, -0.1) is 0 Å². The molecule has 1 aromatic carbocycles. The SMILES string of the molecule is O=C1NCCN1CCOc1ccccc1/C=N\O. The van der Waals surface area contributed by atoms with Crippen LogP contribution in [0.5, 0.6) is 5.75 Å². The summed E-state index contributed by atoms with van der Waals surface area (Å²) in [6.45, 7) is 2.34. The van der Waals surface area contributed by atoms with Crippen LogP contribution in [0, 0.1) is 0 Å². The van der Waals surface area contributed by atoms with Gasteiger partial charge in [0, 0.05) is 18.7 Å². The fraction of sp³-hybridized carbons (Fsp3) is 0.333. The Morgan fingerprint density at radius 3 is 3.06 bits per heavy atom. The Morgan fingerprint density at radius 2 is 2.33 bits per heavy atom. The van der Waals surface area contributed by atoms with Crippen LogP contribution < -0.4 is 10.1 Å².